The van der Waals surface area contributed by atoms with E-state index in [1.807, 2.05) is 0 Å². The Labute approximate surface area is 84.2 Å². The van der Waals surface area contributed by atoms with Gasteiger partial charge < -0.3 is 17.0 Å². The lowest BCUT2D eigenvalue weighted by atomic mass is 9.89. The highest BCUT2D eigenvalue weighted by atomic mass is 16.3. The summed E-state index contributed by atoms with van der Waals surface area (Å²) < 4.78 is 0.831. The Hall–Kier alpha value is -0.0800. The maximum Gasteiger partial charge on any atom is 0.104 e. The van der Waals surface area contributed by atoms with Crippen molar-refractivity contribution < 1.29 is 9.59 Å². The number of rotatable bonds is 3. The van der Waals surface area contributed by atoms with Crippen molar-refractivity contribution in [1.82, 2.24) is 0 Å². The van der Waals surface area contributed by atoms with Gasteiger partial charge in [-0.3, -0.25) is 0 Å². The maximum atomic E-state index is 9.70. The number of hydrogen-bond donors (Lipinski definition) is 1. The Morgan fingerprint density at radius 2 is 1.54 bits per heavy atom. The van der Waals surface area contributed by atoms with Gasteiger partial charge in [0, 0.05) is 0 Å². The first-order valence-corrected chi connectivity index (χ1v) is 4.59. The second kappa shape index (κ2) is 4.97. The van der Waals surface area contributed by atoms with Gasteiger partial charge in [-0.2, -0.15) is 0 Å². The molecule has 0 saturated carbocycles. The molecule has 0 amide bonds. The van der Waals surface area contributed by atoms with Gasteiger partial charge in [-0.25, -0.2) is 0 Å². The third-order valence-corrected chi connectivity index (χ3v) is 1.61. The first-order chi connectivity index (χ1) is 5.10. The summed E-state index contributed by atoms with van der Waals surface area (Å²) in [6.07, 6.45) is 0.702. The Morgan fingerprint density at radius 3 is 1.77 bits per heavy atom. The molecule has 0 heterocycles. The van der Waals surface area contributed by atoms with Crippen molar-refractivity contribution in [3.63, 3.8) is 0 Å². The van der Waals surface area contributed by atoms with E-state index in [2.05, 4.69) is 41.9 Å². The van der Waals surface area contributed by atoms with Crippen LogP contribution in [0.15, 0.2) is 0 Å². The van der Waals surface area contributed by atoms with E-state index in [9.17, 15) is 5.11 Å². The van der Waals surface area contributed by atoms with Crippen LogP contribution in [0.5, 0.6) is 0 Å². The molecule has 0 saturated heterocycles. The largest absolute Gasteiger partial charge is 0.387 e. The van der Waals surface area contributed by atoms with Gasteiger partial charge in [0.15, 0.2) is 0 Å². The van der Waals surface area contributed by atoms with E-state index in [0.717, 1.165) is 17.4 Å². The van der Waals surface area contributed by atoms with Gasteiger partial charge in [-0.05, 0) is 11.8 Å². The SMILES string of the molecule is CC(C)(C)CC(O)C[N+](C)(C)C.[CH3-]. The minimum Gasteiger partial charge on any atom is -0.387 e. The van der Waals surface area contributed by atoms with Gasteiger partial charge in [-0.1, -0.05) is 20.8 Å². The minimum absolute atomic E-state index is 0. The normalized spacial score (nSPS) is 15.0. The summed E-state index contributed by atoms with van der Waals surface area (Å²) in [6, 6.07) is 0. The highest BCUT2D eigenvalue weighted by molar-refractivity contribution is 4.67. The Bertz CT molecular complexity index is 114. The number of likely N-dealkylation sites (N-methyl/N-ethyl adjacent to an activating group) is 1. The molecule has 0 aromatic heterocycles. The maximum absolute atomic E-state index is 9.70. The molecule has 0 aliphatic heterocycles. The summed E-state index contributed by atoms with van der Waals surface area (Å²) in [7, 11) is 6.31. The zero-order valence-electron chi connectivity index (χ0n) is 10.4. The molecular formula is C11H27NO. The quantitative estimate of drug-likeness (QED) is 0.531. The summed E-state index contributed by atoms with van der Waals surface area (Å²) in [5, 5.41) is 9.70. The molecule has 0 bridgehead atoms. The Kier molecular flexibility index (Phi) is 5.88. The molecule has 1 N–H and O–H groups in total. The average molecular weight is 189 g/mol. The van der Waals surface area contributed by atoms with Crippen molar-refractivity contribution in [2.24, 2.45) is 5.41 Å². The van der Waals surface area contributed by atoms with Crippen LogP contribution in [-0.2, 0) is 0 Å². The van der Waals surface area contributed by atoms with E-state index in [-0.39, 0.29) is 18.9 Å². The van der Waals surface area contributed by atoms with Crippen LogP contribution in [-0.4, -0.2) is 43.4 Å². The van der Waals surface area contributed by atoms with E-state index in [1.54, 1.807) is 0 Å². The van der Waals surface area contributed by atoms with E-state index in [1.165, 1.54) is 0 Å². The van der Waals surface area contributed by atoms with Gasteiger partial charge in [0.1, 0.15) is 12.6 Å². The molecule has 0 radical (unpaired) electrons. The highest BCUT2D eigenvalue weighted by Crippen LogP contribution is 2.21. The fourth-order valence-electron chi connectivity index (χ4n) is 1.40. The van der Waals surface area contributed by atoms with Crippen LogP contribution in [0.4, 0.5) is 0 Å². The molecule has 0 aromatic rings. The molecule has 1 atom stereocenters. The van der Waals surface area contributed by atoms with Crippen LogP contribution in [0.2, 0.25) is 0 Å². The molecule has 82 valence electrons. The first kappa shape index (κ1) is 15.4. The van der Waals surface area contributed by atoms with Gasteiger partial charge in [-0.15, -0.1) is 0 Å². The molecule has 0 aliphatic carbocycles. The summed E-state index contributed by atoms with van der Waals surface area (Å²) in [5.74, 6) is 0. The molecule has 0 spiro atoms. The van der Waals surface area contributed by atoms with E-state index < -0.39 is 0 Å². The lowest BCUT2D eigenvalue weighted by molar-refractivity contribution is -0.873. The fraction of sp³-hybridized carbons (Fsp3) is 0.909. The standard InChI is InChI=1S/C10H24NO.CH3/c1-10(2,3)7-9(12)8-11(4,5)6;/h9,12H,7-8H2,1-6H3;1H3/q+1;-1. The second-order valence-electron chi connectivity index (χ2n) is 5.89. The number of aliphatic hydroxyl groups excluding tert-OH is 1. The molecule has 0 rings (SSSR count). The molecular weight excluding hydrogens is 162 g/mol. The van der Waals surface area contributed by atoms with Gasteiger partial charge in [0.25, 0.3) is 0 Å². The second-order valence-corrected chi connectivity index (χ2v) is 5.89. The van der Waals surface area contributed by atoms with Crippen LogP contribution in [0.25, 0.3) is 0 Å². The number of nitrogens with zero attached hydrogens (tertiary/aromatic N) is 1. The fourth-order valence-corrected chi connectivity index (χ4v) is 1.40. The van der Waals surface area contributed by atoms with Crippen molar-refractivity contribution in [2.45, 2.75) is 33.3 Å². The van der Waals surface area contributed by atoms with Crippen LogP contribution >= 0.6 is 0 Å². The van der Waals surface area contributed by atoms with Gasteiger partial charge >= 0.3 is 0 Å². The average Bonchev–Trinajstić information content (AvgIpc) is 1.49. The van der Waals surface area contributed by atoms with Crippen molar-refractivity contribution in [3.05, 3.63) is 7.43 Å². The minimum atomic E-state index is -0.176. The predicted molar refractivity (Wildman–Crippen MR) is 59.4 cm³/mol. The van der Waals surface area contributed by atoms with Crippen LogP contribution < -0.4 is 0 Å². The van der Waals surface area contributed by atoms with Crippen molar-refractivity contribution >= 4 is 0 Å². The van der Waals surface area contributed by atoms with Crippen LogP contribution in [0, 0.1) is 12.8 Å². The third kappa shape index (κ3) is 11.9. The van der Waals surface area contributed by atoms with Crippen molar-refractivity contribution in [1.29, 1.82) is 0 Å². The number of quaternary nitrogens is 1. The number of hydrogen-bond acceptors (Lipinski definition) is 1. The van der Waals surface area contributed by atoms with Gasteiger partial charge in [0.05, 0.1) is 21.1 Å². The lowest BCUT2D eigenvalue weighted by Crippen LogP contribution is -2.42. The molecule has 2 nitrogen and oxygen atoms in total. The van der Waals surface area contributed by atoms with E-state index in [4.69, 9.17) is 0 Å². The molecule has 1 unspecified atom stereocenters. The highest BCUT2D eigenvalue weighted by Gasteiger charge is 2.21. The van der Waals surface area contributed by atoms with Gasteiger partial charge in [0.2, 0.25) is 0 Å². The predicted octanol–water partition coefficient (Wildman–Crippen LogP) is 1.94. The monoisotopic (exact) mass is 189 g/mol. The topological polar surface area (TPSA) is 20.2 Å². The lowest BCUT2D eigenvalue weighted by Gasteiger charge is -2.29. The van der Waals surface area contributed by atoms with E-state index >= 15 is 0 Å². The van der Waals surface area contributed by atoms with Crippen molar-refractivity contribution in [2.75, 3.05) is 27.7 Å². The van der Waals surface area contributed by atoms with Crippen LogP contribution in [0.3, 0.4) is 0 Å². The number of aliphatic hydroxyl groups is 1. The summed E-state index contributed by atoms with van der Waals surface area (Å²) in [6.45, 7) is 7.31. The Morgan fingerprint density at radius 1 is 1.15 bits per heavy atom. The zero-order valence-corrected chi connectivity index (χ0v) is 10.4. The molecule has 0 fully saturated rings. The van der Waals surface area contributed by atoms with E-state index in [0.29, 0.717) is 0 Å². The molecule has 2 heteroatoms. The summed E-state index contributed by atoms with van der Waals surface area (Å²) in [5.41, 5.74) is 0.231. The zero-order chi connectivity index (χ0) is 9.99. The molecule has 13 heavy (non-hydrogen) atoms. The summed E-state index contributed by atoms with van der Waals surface area (Å²) in [4.78, 5) is 0. The van der Waals surface area contributed by atoms with Crippen molar-refractivity contribution in [3.8, 4) is 0 Å². The Balaban J connectivity index is 0. The first-order valence-electron chi connectivity index (χ1n) is 4.59. The smallest absolute Gasteiger partial charge is 0.104 e. The molecule has 0 aliphatic rings. The summed E-state index contributed by atoms with van der Waals surface area (Å²) >= 11 is 0. The molecule has 0 aromatic carbocycles. The third-order valence-electron chi connectivity index (χ3n) is 1.61. The van der Waals surface area contributed by atoms with Crippen LogP contribution in [0.1, 0.15) is 27.2 Å².